The minimum atomic E-state index is -0.383. The summed E-state index contributed by atoms with van der Waals surface area (Å²) < 4.78 is 11.0. The molecule has 0 unspecified atom stereocenters. The summed E-state index contributed by atoms with van der Waals surface area (Å²) in [5.74, 6) is 0.356. The van der Waals surface area contributed by atoms with Crippen LogP contribution in [0, 0.1) is 17.2 Å². The summed E-state index contributed by atoms with van der Waals surface area (Å²) in [6.45, 7) is -0.374. The van der Waals surface area contributed by atoms with E-state index in [1.54, 1.807) is 0 Å². The molecule has 1 aromatic rings. The zero-order valence-corrected chi connectivity index (χ0v) is 12.2. The van der Waals surface area contributed by atoms with Gasteiger partial charge in [0.15, 0.2) is 5.76 Å². The number of hydrogen-bond acceptors (Lipinski definition) is 6. The fourth-order valence-corrected chi connectivity index (χ4v) is 3.42. The average Bonchev–Trinajstić information content (AvgIpc) is 2.55. The van der Waals surface area contributed by atoms with Gasteiger partial charge in [0.1, 0.15) is 24.0 Å². The third-order valence-corrected chi connectivity index (χ3v) is 4.45. The maximum Gasteiger partial charge on any atom is 0.228 e. The van der Waals surface area contributed by atoms with Crippen molar-refractivity contribution in [2.75, 3.05) is 0 Å². The predicted molar refractivity (Wildman–Crippen MR) is 77.7 cm³/mol. The van der Waals surface area contributed by atoms with Crippen molar-refractivity contribution >= 4 is 0 Å². The number of rotatable bonds is 2. The van der Waals surface area contributed by atoms with E-state index in [1.165, 1.54) is 12.5 Å². The van der Waals surface area contributed by atoms with E-state index >= 15 is 0 Å². The molecule has 1 aromatic heterocycles. The second-order valence-electron chi connectivity index (χ2n) is 5.80. The van der Waals surface area contributed by atoms with Crippen molar-refractivity contribution in [3.63, 3.8) is 0 Å². The molecule has 2 aliphatic rings. The Labute approximate surface area is 127 Å². The van der Waals surface area contributed by atoms with Gasteiger partial charge in [0.2, 0.25) is 17.1 Å². The number of hydrogen-bond donors (Lipinski definition) is 2. The number of nitrogens with two attached hydrogens (primary N) is 1. The summed E-state index contributed by atoms with van der Waals surface area (Å²) in [6, 6.07) is 3.30. The molecule has 1 atom stereocenters. The smallest absolute Gasteiger partial charge is 0.228 e. The monoisotopic (exact) mass is 302 g/mol. The number of aliphatic hydroxyl groups excluding tert-OH is 1. The highest BCUT2D eigenvalue weighted by Crippen LogP contribution is 2.45. The Balaban J connectivity index is 2.15. The number of nitrogens with zero attached hydrogens (tertiary/aromatic N) is 1. The van der Waals surface area contributed by atoms with E-state index in [0.29, 0.717) is 11.3 Å². The van der Waals surface area contributed by atoms with Crippen LogP contribution in [0.5, 0.6) is 5.75 Å². The first-order valence-electron chi connectivity index (χ1n) is 7.51. The van der Waals surface area contributed by atoms with Crippen LogP contribution < -0.4 is 15.9 Å². The zero-order valence-electron chi connectivity index (χ0n) is 12.2. The van der Waals surface area contributed by atoms with Gasteiger partial charge in [0.05, 0.1) is 5.92 Å². The molecule has 0 aromatic carbocycles. The topological polar surface area (TPSA) is 109 Å². The maximum absolute atomic E-state index is 12.2. The van der Waals surface area contributed by atoms with Gasteiger partial charge >= 0.3 is 0 Å². The van der Waals surface area contributed by atoms with E-state index in [1.807, 2.05) is 0 Å². The fraction of sp³-hybridized carbons (Fsp3) is 0.500. The molecule has 2 heterocycles. The summed E-state index contributed by atoms with van der Waals surface area (Å²) >= 11 is 0. The second kappa shape index (κ2) is 5.85. The molecule has 6 nitrogen and oxygen atoms in total. The van der Waals surface area contributed by atoms with Gasteiger partial charge in [-0.3, -0.25) is 4.79 Å². The van der Waals surface area contributed by atoms with Crippen molar-refractivity contribution in [2.24, 2.45) is 11.7 Å². The molecule has 3 N–H and O–H groups in total. The van der Waals surface area contributed by atoms with Gasteiger partial charge in [-0.05, 0) is 18.8 Å². The van der Waals surface area contributed by atoms with E-state index < -0.39 is 0 Å². The number of fused-ring (bicyclic) bond motifs is 1. The normalized spacial score (nSPS) is 21.9. The van der Waals surface area contributed by atoms with Gasteiger partial charge in [0.25, 0.3) is 0 Å². The van der Waals surface area contributed by atoms with Crippen LogP contribution >= 0.6 is 0 Å². The van der Waals surface area contributed by atoms with E-state index in [-0.39, 0.29) is 41.3 Å². The minimum absolute atomic E-state index is 0.0189. The highest BCUT2D eigenvalue weighted by molar-refractivity contribution is 5.46. The van der Waals surface area contributed by atoms with Crippen LogP contribution in [-0.4, -0.2) is 5.11 Å². The standard InChI is InChI=1S/C16H18N2O4/c17-7-11-13(9-4-2-1-3-5-9)15-14(22-16(11)18)12(20)6-10(8-19)21-15/h6,9,13,19H,1-5,8,18H2/t13-/m0/s1. The lowest BCUT2D eigenvalue weighted by Crippen LogP contribution is -2.29. The Kier molecular flexibility index (Phi) is 3.90. The molecule has 6 heteroatoms. The summed E-state index contributed by atoms with van der Waals surface area (Å²) in [4.78, 5) is 12.2. The van der Waals surface area contributed by atoms with Gasteiger partial charge in [-0.25, -0.2) is 0 Å². The molecule has 0 amide bonds. The van der Waals surface area contributed by atoms with Crippen molar-refractivity contribution in [3.05, 3.63) is 39.3 Å². The molecule has 1 aliphatic heterocycles. The van der Waals surface area contributed by atoms with Crippen LogP contribution in [0.2, 0.25) is 0 Å². The van der Waals surface area contributed by atoms with Crippen molar-refractivity contribution in [2.45, 2.75) is 44.6 Å². The minimum Gasteiger partial charge on any atom is -0.459 e. The molecule has 1 saturated carbocycles. The third kappa shape index (κ3) is 2.38. The number of ether oxygens (including phenoxy) is 1. The van der Waals surface area contributed by atoms with Crippen LogP contribution in [0.4, 0.5) is 0 Å². The fourth-order valence-electron chi connectivity index (χ4n) is 3.42. The Morgan fingerprint density at radius 3 is 2.73 bits per heavy atom. The first-order valence-corrected chi connectivity index (χ1v) is 7.51. The summed E-state index contributed by atoms with van der Waals surface area (Å²) in [5.41, 5.74) is 5.78. The summed E-state index contributed by atoms with van der Waals surface area (Å²) in [6.07, 6.45) is 5.25. The SMILES string of the molecule is N#CC1=C(N)Oc2c(oc(CO)cc2=O)[C@H]1C1CCCCC1. The Morgan fingerprint density at radius 2 is 2.09 bits per heavy atom. The lowest BCUT2D eigenvalue weighted by atomic mass is 9.75. The molecule has 0 bridgehead atoms. The Morgan fingerprint density at radius 1 is 1.36 bits per heavy atom. The van der Waals surface area contributed by atoms with Gasteiger partial charge in [0, 0.05) is 6.07 Å². The van der Waals surface area contributed by atoms with Crippen LogP contribution in [0.3, 0.4) is 0 Å². The molecule has 1 aliphatic carbocycles. The summed E-state index contributed by atoms with van der Waals surface area (Å²) in [5, 5.41) is 18.7. The molecular weight excluding hydrogens is 284 g/mol. The summed E-state index contributed by atoms with van der Waals surface area (Å²) in [7, 11) is 0. The second-order valence-corrected chi connectivity index (χ2v) is 5.80. The zero-order chi connectivity index (χ0) is 15.7. The number of allylic oxidation sites excluding steroid dienone is 1. The third-order valence-electron chi connectivity index (χ3n) is 4.45. The van der Waals surface area contributed by atoms with Crippen molar-refractivity contribution in [1.29, 1.82) is 5.26 Å². The van der Waals surface area contributed by atoms with E-state index in [0.717, 1.165) is 25.7 Å². The van der Waals surface area contributed by atoms with E-state index in [2.05, 4.69) is 6.07 Å². The molecule has 0 radical (unpaired) electrons. The molecule has 0 spiro atoms. The Hall–Kier alpha value is -2.26. The van der Waals surface area contributed by atoms with Crippen molar-refractivity contribution in [3.8, 4) is 11.8 Å². The molecule has 0 saturated heterocycles. The van der Waals surface area contributed by atoms with Crippen LogP contribution in [0.1, 0.15) is 49.5 Å². The van der Waals surface area contributed by atoms with Crippen molar-refractivity contribution in [1.82, 2.24) is 0 Å². The average molecular weight is 302 g/mol. The molecule has 116 valence electrons. The lowest BCUT2D eigenvalue weighted by Gasteiger charge is -2.32. The molecule has 3 rings (SSSR count). The van der Waals surface area contributed by atoms with Gasteiger partial charge < -0.3 is 20.0 Å². The van der Waals surface area contributed by atoms with E-state index in [4.69, 9.17) is 14.9 Å². The van der Waals surface area contributed by atoms with Crippen LogP contribution in [0.25, 0.3) is 0 Å². The van der Waals surface area contributed by atoms with Crippen LogP contribution in [0.15, 0.2) is 26.7 Å². The molecular formula is C16H18N2O4. The van der Waals surface area contributed by atoms with Gasteiger partial charge in [-0.2, -0.15) is 5.26 Å². The molecule has 22 heavy (non-hydrogen) atoms. The van der Waals surface area contributed by atoms with E-state index in [9.17, 15) is 15.2 Å². The largest absolute Gasteiger partial charge is 0.459 e. The highest BCUT2D eigenvalue weighted by atomic mass is 16.5. The van der Waals surface area contributed by atoms with Gasteiger partial charge in [-0.15, -0.1) is 0 Å². The number of aliphatic hydroxyl groups is 1. The van der Waals surface area contributed by atoms with Gasteiger partial charge in [-0.1, -0.05) is 19.3 Å². The predicted octanol–water partition coefficient (Wildman–Crippen LogP) is 1.88. The number of nitriles is 1. The molecule has 1 fully saturated rings. The van der Waals surface area contributed by atoms with Crippen molar-refractivity contribution < 1.29 is 14.3 Å². The maximum atomic E-state index is 12.2. The van der Waals surface area contributed by atoms with Crippen LogP contribution in [-0.2, 0) is 6.61 Å². The first-order chi connectivity index (χ1) is 10.7. The first kappa shape index (κ1) is 14.7. The lowest BCUT2D eigenvalue weighted by molar-refractivity contribution is 0.214. The Bertz CT molecular complexity index is 708. The quantitative estimate of drug-likeness (QED) is 0.863. The highest BCUT2D eigenvalue weighted by Gasteiger charge is 2.39.